The highest BCUT2D eigenvalue weighted by Crippen LogP contribution is 2.35. The maximum Gasteiger partial charge on any atom is 0.336 e. The fourth-order valence-electron chi connectivity index (χ4n) is 4.49. The third-order valence-electron chi connectivity index (χ3n) is 6.32. The molecule has 2 heterocycles. The number of carbonyl (C=O) groups is 3. The van der Waals surface area contributed by atoms with Crippen molar-refractivity contribution in [2.24, 2.45) is 11.8 Å². The van der Waals surface area contributed by atoms with Crippen molar-refractivity contribution in [2.45, 2.75) is 44.0 Å². The van der Waals surface area contributed by atoms with Crippen LogP contribution in [0.5, 0.6) is 0 Å². The number of amides is 3. The van der Waals surface area contributed by atoms with E-state index in [-0.39, 0.29) is 41.3 Å². The number of nitrogens with zero attached hydrogens (tertiary/aromatic N) is 1. The quantitative estimate of drug-likeness (QED) is 0.251. The van der Waals surface area contributed by atoms with Crippen molar-refractivity contribution in [1.29, 1.82) is 0 Å². The molecule has 4 rings (SSSR count). The van der Waals surface area contributed by atoms with Gasteiger partial charge in [-0.05, 0) is 29.9 Å². The molecule has 0 aromatic rings. The summed E-state index contributed by atoms with van der Waals surface area (Å²) >= 11 is 6.03. The largest absolute Gasteiger partial charge is 0.463 e. The lowest BCUT2D eigenvalue weighted by Crippen LogP contribution is -2.75. The number of fused-ring (bicyclic) bond motifs is 1. The molecule has 0 radical (unpaired) electrons. The first-order valence-corrected chi connectivity index (χ1v) is 11.1. The fourth-order valence-corrected chi connectivity index (χ4v) is 4.65. The Bertz CT molecular complexity index is 962. The van der Waals surface area contributed by atoms with E-state index < -0.39 is 11.9 Å². The highest BCUT2D eigenvalue weighted by Gasteiger charge is 2.42. The van der Waals surface area contributed by atoms with Crippen LogP contribution < -0.4 is 10.3 Å². The zero-order chi connectivity index (χ0) is 22.1. The van der Waals surface area contributed by atoms with E-state index in [0.29, 0.717) is 31.5 Å². The Labute approximate surface area is 186 Å². The molecule has 0 aromatic carbocycles. The van der Waals surface area contributed by atoms with Gasteiger partial charge in [0.05, 0.1) is 11.8 Å². The van der Waals surface area contributed by atoms with Crippen molar-refractivity contribution in [1.82, 2.24) is 10.2 Å². The topological polar surface area (TPSA) is 101 Å². The number of carbonyl (C=O) groups excluding carboxylic acids is 3. The minimum atomic E-state index is -0.605. The van der Waals surface area contributed by atoms with E-state index in [2.05, 4.69) is 16.4 Å². The van der Waals surface area contributed by atoms with Gasteiger partial charge in [0.2, 0.25) is 11.8 Å². The third kappa shape index (κ3) is 4.66. The second-order valence-corrected chi connectivity index (χ2v) is 9.15. The van der Waals surface area contributed by atoms with Gasteiger partial charge in [-0.3, -0.25) is 19.7 Å². The average Bonchev–Trinajstić information content (AvgIpc) is 3.03. The van der Waals surface area contributed by atoms with Gasteiger partial charge < -0.3 is 10.0 Å². The number of nitrogens with one attached hydrogen (secondary N) is 2. The molecule has 164 valence electrons. The van der Waals surface area contributed by atoms with Crippen molar-refractivity contribution < 1.29 is 24.5 Å². The summed E-state index contributed by atoms with van der Waals surface area (Å²) in [5.41, 5.74) is 2.58. The summed E-state index contributed by atoms with van der Waals surface area (Å²) in [6, 6.07) is -0.605. The van der Waals surface area contributed by atoms with Gasteiger partial charge in [-0.1, -0.05) is 37.3 Å². The van der Waals surface area contributed by atoms with Gasteiger partial charge in [0, 0.05) is 24.5 Å². The molecule has 3 N–H and O–H groups in total. The first kappa shape index (κ1) is 21.6. The number of hydrogen-bond donors (Lipinski definition) is 3. The van der Waals surface area contributed by atoms with Crippen molar-refractivity contribution in [3.8, 4) is 0 Å². The third-order valence-corrected chi connectivity index (χ3v) is 6.65. The number of halogens is 1. The van der Waals surface area contributed by atoms with Gasteiger partial charge in [-0.25, -0.2) is 4.99 Å². The van der Waals surface area contributed by atoms with Crippen LogP contribution in [0.1, 0.15) is 32.6 Å². The van der Waals surface area contributed by atoms with E-state index in [4.69, 9.17) is 11.6 Å². The van der Waals surface area contributed by atoms with Crippen LogP contribution in [0.4, 0.5) is 0 Å². The zero-order valence-electron chi connectivity index (χ0n) is 17.4. The predicted octanol–water partition coefficient (Wildman–Crippen LogP) is 0.673. The normalized spacial score (nSPS) is 31.2. The maximum atomic E-state index is 12.9. The zero-order valence-corrected chi connectivity index (χ0v) is 18.2. The number of piperidine rings is 1. The smallest absolute Gasteiger partial charge is 0.336 e. The standard InChI is InChI=1S/C23H26ClN3O4/c1-13-8-18-16(12-27(23(18)31)19-6-7-20(28)26-22(19)30)10-15(13)11-25-21(29)9-14-2-4-17(24)5-3-14/h2-4,8,10,13,15,17,19H,5-7,9,11-12H2,1H3,(H,25,29)(H,26,28,30)/p+1/t13?,15?,17-,19?/m1/s1. The molecule has 7 nitrogen and oxygen atoms in total. The van der Waals surface area contributed by atoms with Gasteiger partial charge in [0.15, 0.2) is 6.54 Å². The summed E-state index contributed by atoms with van der Waals surface area (Å²) in [6.45, 7) is 2.95. The summed E-state index contributed by atoms with van der Waals surface area (Å²) in [6.07, 6.45) is 11.7. The van der Waals surface area contributed by atoms with Crippen molar-refractivity contribution in [3.05, 3.63) is 47.1 Å². The van der Waals surface area contributed by atoms with E-state index in [1.54, 1.807) is 4.90 Å². The summed E-state index contributed by atoms with van der Waals surface area (Å²) in [4.78, 5) is 41.2. The number of hydrogen-bond acceptors (Lipinski definition) is 3. The summed E-state index contributed by atoms with van der Waals surface area (Å²) in [7, 11) is 0. The van der Waals surface area contributed by atoms with Crippen LogP contribution in [0.15, 0.2) is 47.1 Å². The molecule has 3 unspecified atom stereocenters. The van der Waals surface area contributed by atoms with Crippen molar-refractivity contribution >= 4 is 35.2 Å². The molecule has 3 amide bonds. The minimum absolute atomic E-state index is 0.0170. The Kier molecular flexibility index (Phi) is 6.14. The molecule has 2 aliphatic carbocycles. The second-order valence-electron chi connectivity index (χ2n) is 8.59. The fraction of sp³-hybridized carbons (Fsp3) is 0.478. The molecule has 2 aliphatic heterocycles. The molecule has 31 heavy (non-hydrogen) atoms. The Morgan fingerprint density at radius 3 is 2.84 bits per heavy atom. The molecule has 0 aromatic heterocycles. The molecule has 0 spiro atoms. The second kappa shape index (κ2) is 8.83. The molecule has 0 bridgehead atoms. The lowest BCUT2D eigenvalue weighted by molar-refractivity contribution is -0.475. The van der Waals surface area contributed by atoms with Crippen LogP contribution in [0.2, 0.25) is 0 Å². The van der Waals surface area contributed by atoms with Crippen LogP contribution in [-0.4, -0.2) is 58.1 Å². The molecular formula is C23H27ClN3O4+. The Morgan fingerprint density at radius 1 is 1.32 bits per heavy atom. The van der Waals surface area contributed by atoms with Crippen LogP contribution in [0.3, 0.4) is 0 Å². The molecule has 0 saturated carbocycles. The van der Waals surface area contributed by atoms with Crippen LogP contribution in [-0.2, 0) is 14.4 Å². The predicted molar refractivity (Wildman–Crippen MR) is 116 cm³/mol. The minimum Gasteiger partial charge on any atom is -0.463 e. The average molecular weight is 445 g/mol. The van der Waals surface area contributed by atoms with Crippen molar-refractivity contribution in [3.63, 3.8) is 0 Å². The first-order valence-electron chi connectivity index (χ1n) is 10.7. The molecule has 4 aliphatic rings. The molecule has 4 atom stereocenters. The van der Waals surface area contributed by atoms with Gasteiger partial charge in [-0.15, -0.1) is 11.6 Å². The maximum absolute atomic E-state index is 12.9. The molecule has 2 saturated heterocycles. The van der Waals surface area contributed by atoms with E-state index in [1.165, 1.54) is 0 Å². The van der Waals surface area contributed by atoms with Crippen LogP contribution >= 0.6 is 11.6 Å². The number of likely N-dealkylation sites (tertiary alicyclic amines) is 1. The van der Waals surface area contributed by atoms with E-state index in [1.807, 2.05) is 31.2 Å². The van der Waals surface area contributed by atoms with Gasteiger partial charge >= 0.3 is 5.90 Å². The number of aliphatic hydroxyl groups is 1. The SMILES string of the molecule is CC1C=C2C(=O)N(C3CCC(=O)NC3=O)CC2=CC1C[NH+]=C(O)CC1=CC[C@H](Cl)C=C1. The molecule has 8 heteroatoms. The van der Waals surface area contributed by atoms with Crippen molar-refractivity contribution in [2.75, 3.05) is 13.1 Å². The molecule has 2 fully saturated rings. The molecular weight excluding hydrogens is 418 g/mol. The highest BCUT2D eigenvalue weighted by molar-refractivity contribution is 6.22. The summed E-state index contributed by atoms with van der Waals surface area (Å²) < 4.78 is 0. The van der Waals surface area contributed by atoms with Gasteiger partial charge in [0.25, 0.3) is 5.91 Å². The Morgan fingerprint density at radius 2 is 2.13 bits per heavy atom. The van der Waals surface area contributed by atoms with Crippen LogP contribution in [0, 0.1) is 11.8 Å². The van der Waals surface area contributed by atoms with E-state index in [0.717, 1.165) is 17.6 Å². The number of alkyl halides is 1. The lowest BCUT2D eigenvalue weighted by Gasteiger charge is -2.28. The Balaban J connectivity index is 1.41. The van der Waals surface area contributed by atoms with E-state index in [9.17, 15) is 19.5 Å². The number of imide groups is 1. The van der Waals surface area contributed by atoms with Gasteiger partial charge in [0.1, 0.15) is 6.04 Å². The Hall–Kier alpha value is -2.67. The monoisotopic (exact) mass is 444 g/mol. The first-order chi connectivity index (χ1) is 14.8. The van der Waals surface area contributed by atoms with E-state index >= 15 is 0 Å². The number of rotatable bonds is 5. The number of aliphatic hydroxyl groups excluding tert-OH is 1. The summed E-state index contributed by atoms with van der Waals surface area (Å²) in [5, 5.41) is 12.6. The highest BCUT2D eigenvalue weighted by atomic mass is 35.5. The van der Waals surface area contributed by atoms with Gasteiger partial charge in [-0.2, -0.15) is 0 Å². The lowest BCUT2D eigenvalue weighted by atomic mass is 9.84. The van der Waals surface area contributed by atoms with Crippen LogP contribution in [0.25, 0.3) is 0 Å². The summed E-state index contributed by atoms with van der Waals surface area (Å²) in [5.74, 6) is -0.420. The number of allylic oxidation sites excluding steroid dienone is 4.